The number of carbonyl (C=O) groups excluding carboxylic acids is 1. The first-order valence-corrected chi connectivity index (χ1v) is 6.11. The second-order valence-corrected chi connectivity index (χ2v) is 5.44. The highest BCUT2D eigenvalue weighted by Gasteiger charge is 2.29. The number of carbonyl (C=O) groups is 1. The van der Waals surface area contributed by atoms with Crippen molar-refractivity contribution in [2.24, 2.45) is 0 Å². The molecular weight excluding hydrogens is 234 g/mol. The van der Waals surface area contributed by atoms with Gasteiger partial charge in [-0.15, -0.1) is 0 Å². The molecule has 1 aliphatic rings. The van der Waals surface area contributed by atoms with Crippen molar-refractivity contribution in [1.82, 2.24) is 4.57 Å². The molecule has 1 aliphatic heterocycles. The molecule has 18 heavy (non-hydrogen) atoms. The van der Waals surface area contributed by atoms with Gasteiger partial charge in [0.1, 0.15) is 11.7 Å². The maximum Gasteiger partial charge on any atom is 0.418 e. The first-order chi connectivity index (χ1) is 8.37. The number of aliphatic hydroxyl groups excluding tert-OH is 1. The van der Waals surface area contributed by atoms with Crippen LogP contribution in [0, 0.1) is 0 Å². The van der Waals surface area contributed by atoms with E-state index in [-0.39, 0.29) is 6.10 Å². The van der Waals surface area contributed by atoms with Crippen LogP contribution in [0.15, 0.2) is 18.3 Å². The zero-order chi connectivity index (χ0) is 13.3. The lowest BCUT2D eigenvalue weighted by Gasteiger charge is -2.21. The third-order valence-electron chi connectivity index (χ3n) is 2.70. The minimum atomic E-state index is -0.739. The van der Waals surface area contributed by atoms with Gasteiger partial charge in [0.05, 0.1) is 5.69 Å². The van der Waals surface area contributed by atoms with Gasteiger partial charge in [-0.05, 0) is 39.3 Å². The minimum absolute atomic E-state index is 0.248. The van der Waals surface area contributed by atoms with Gasteiger partial charge in [0, 0.05) is 12.6 Å². The predicted molar refractivity (Wildman–Crippen MR) is 65.1 cm³/mol. The summed E-state index contributed by atoms with van der Waals surface area (Å²) in [5.74, 6) is 0. The van der Waals surface area contributed by atoms with E-state index in [1.54, 1.807) is 12.3 Å². The SMILES string of the molecule is CC(C)(C)OC(=O)n1cccc1C1CCC(O)O1. The van der Waals surface area contributed by atoms with Crippen LogP contribution in [0.1, 0.15) is 45.4 Å². The number of aromatic nitrogens is 1. The lowest BCUT2D eigenvalue weighted by atomic mass is 10.2. The number of rotatable bonds is 1. The van der Waals surface area contributed by atoms with Crippen molar-refractivity contribution in [3.8, 4) is 0 Å². The Bertz CT molecular complexity index is 432. The summed E-state index contributed by atoms with van der Waals surface area (Å²) < 4.78 is 12.1. The largest absolute Gasteiger partial charge is 0.443 e. The molecule has 0 amide bonds. The molecule has 5 nitrogen and oxygen atoms in total. The average Bonchev–Trinajstić information content (AvgIpc) is 2.81. The van der Waals surface area contributed by atoms with E-state index in [2.05, 4.69) is 0 Å². The summed E-state index contributed by atoms with van der Waals surface area (Å²) in [5.41, 5.74) is 0.190. The molecule has 2 unspecified atom stereocenters. The topological polar surface area (TPSA) is 60.7 Å². The molecule has 1 aromatic rings. The van der Waals surface area contributed by atoms with E-state index in [9.17, 15) is 9.90 Å². The first-order valence-electron chi connectivity index (χ1n) is 6.11. The molecule has 1 saturated heterocycles. The zero-order valence-corrected chi connectivity index (χ0v) is 10.9. The predicted octanol–water partition coefficient (Wildman–Crippen LogP) is 2.44. The second-order valence-electron chi connectivity index (χ2n) is 5.44. The van der Waals surface area contributed by atoms with Crippen LogP contribution in [0.5, 0.6) is 0 Å². The van der Waals surface area contributed by atoms with Crippen molar-refractivity contribution < 1.29 is 19.4 Å². The maximum atomic E-state index is 12.0. The van der Waals surface area contributed by atoms with E-state index >= 15 is 0 Å². The molecule has 100 valence electrons. The van der Waals surface area contributed by atoms with Crippen LogP contribution in [0.2, 0.25) is 0 Å². The normalized spacial score (nSPS) is 24.2. The smallest absolute Gasteiger partial charge is 0.418 e. The summed E-state index contributed by atoms with van der Waals surface area (Å²) in [5, 5.41) is 9.37. The van der Waals surface area contributed by atoms with Crippen LogP contribution in [-0.4, -0.2) is 27.7 Å². The summed E-state index contributed by atoms with van der Waals surface area (Å²) in [6, 6.07) is 3.58. The van der Waals surface area contributed by atoms with Crippen molar-refractivity contribution in [1.29, 1.82) is 0 Å². The minimum Gasteiger partial charge on any atom is -0.443 e. The molecule has 0 spiro atoms. The summed E-state index contributed by atoms with van der Waals surface area (Å²) >= 11 is 0. The summed E-state index contributed by atoms with van der Waals surface area (Å²) in [7, 11) is 0. The molecule has 1 aromatic heterocycles. The van der Waals surface area contributed by atoms with E-state index in [4.69, 9.17) is 9.47 Å². The second kappa shape index (κ2) is 4.74. The molecule has 2 atom stereocenters. The van der Waals surface area contributed by atoms with Crippen LogP contribution in [0.3, 0.4) is 0 Å². The average molecular weight is 253 g/mol. The zero-order valence-electron chi connectivity index (χ0n) is 10.9. The Balaban J connectivity index is 2.15. The molecule has 5 heteroatoms. The number of nitrogens with zero attached hydrogens (tertiary/aromatic N) is 1. The Kier molecular flexibility index (Phi) is 3.45. The molecule has 0 bridgehead atoms. The fraction of sp³-hybridized carbons (Fsp3) is 0.615. The summed E-state index contributed by atoms with van der Waals surface area (Å²) in [6.45, 7) is 5.47. The number of ether oxygens (including phenoxy) is 2. The van der Waals surface area contributed by atoms with Crippen LogP contribution in [0.25, 0.3) is 0 Å². The van der Waals surface area contributed by atoms with Gasteiger partial charge in [0.25, 0.3) is 0 Å². The number of hydrogen-bond donors (Lipinski definition) is 1. The molecule has 0 aromatic carbocycles. The molecule has 0 aliphatic carbocycles. The summed E-state index contributed by atoms with van der Waals surface area (Å²) in [6.07, 6.45) is 1.53. The van der Waals surface area contributed by atoms with Crippen molar-refractivity contribution in [2.75, 3.05) is 0 Å². The Morgan fingerprint density at radius 3 is 2.78 bits per heavy atom. The van der Waals surface area contributed by atoms with E-state index in [1.807, 2.05) is 26.8 Å². The van der Waals surface area contributed by atoms with Gasteiger partial charge >= 0.3 is 6.09 Å². The van der Waals surface area contributed by atoms with Gasteiger partial charge in [-0.25, -0.2) is 4.79 Å². The number of aliphatic hydroxyl groups is 1. The van der Waals surface area contributed by atoms with Crippen LogP contribution < -0.4 is 0 Å². The van der Waals surface area contributed by atoms with Crippen LogP contribution in [0.4, 0.5) is 4.79 Å². The third kappa shape index (κ3) is 2.91. The van der Waals surface area contributed by atoms with E-state index in [1.165, 1.54) is 4.57 Å². The van der Waals surface area contributed by atoms with Crippen LogP contribution in [-0.2, 0) is 9.47 Å². The highest BCUT2D eigenvalue weighted by Crippen LogP contribution is 2.32. The van der Waals surface area contributed by atoms with E-state index in [0.717, 1.165) is 5.69 Å². The van der Waals surface area contributed by atoms with Gasteiger partial charge in [0.15, 0.2) is 6.29 Å². The maximum absolute atomic E-state index is 12.0. The highest BCUT2D eigenvalue weighted by atomic mass is 16.6. The first kappa shape index (κ1) is 13.1. The van der Waals surface area contributed by atoms with Crippen molar-refractivity contribution in [2.45, 2.75) is 51.6 Å². The molecule has 0 saturated carbocycles. The molecule has 2 rings (SSSR count). The van der Waals surface area contributed by atoms with E-state index < -0.39 is 18.0 Å². The van der Waals surface area contributed by atoms with Gasteiger partial charge in [-0.2, -0.15) is 0 Å². The molecule has 2 heterocycles. The molecule has 0 radical (unpaired) electrons. The lowest BCUT2D eigenvalue weighted by molar-refractivity contribution is -0.0931. The van der Waals surface area contributed by atoms with Crippen LogP contribution >= 0.6 is 0 Å². The summed E-state index contributed by atoms with van der Waals surface area (Å²) in [4.78, 5) is 12.0. The monoisotopic (exact) mass is 253 g/mol. The van der Waals surface area contributed by atoms with Gasteiger partial charge in [0.2, 0.25) is 0 Å². The standard InChI is InChI=1S/C13H19NO4/c1-13(2,3)18-12(16)14-8-4-5-9(14)10-6-7-11(15)17-10/h4-5,8,10-11,15H,6-7H2,1-3H3. The Morgan fingerprint density at radius 2 is 2.22 bits per heavy atom. The van der Waals surface area contributed by atoms with Gasteiger partial charge in [-0.3, -0.25) is 4.57 Å². The Morgan fingerprint density at radius 1 is 1.50 bits per heavy atom. The van der Waals surface area contributed by atoms with Crippen molar-refractivity contribution in [3.63, 3.8) is 0 Å². The fourth-order valence-corrected chi connectivity index (χ4v) is 1.97. The molecule has 1 fully saturated rings. The van der Waals surface area contributed by atoms with E-state index in [0.29, 0.717) is 12.8 Å². The van der Waals surface area contributed by atoms with Gasteiger partial charge in [-0.1, -0.05) is 0 Å². The number of hydrogen-bond acceptors (Lipinski definition) is 4. The fourth-order valence-electron chi connectivity index (χ4n) is 1.97. The Hall–Kier alpha value is -1.33. The molecular formula is C13H19NO4. The quantitative estimate of drug-likeness (QED) is 0.835. The molecule has 1 N–H and O–H groups in total. The lowest BCUT2D eigenvalue weighted by Crippen LogP contribution is -2.28. The van der Waals surface area contributed by atoms with Crippen molar-refractivity contribution in [3.05, 3.63) is 24.0 Å². The Labute approximate surface area is 106 Å². The highest BCUT2D eigenvalue weighted by molar-refractivity contribution is 5.72. The van der Waals surface area contributed by atoms with Gasteiger partial charge < -0.3 is 14.6 Å². The third-order valence-corrected chi connectivity index (χ3v) is 2.70. The van der Waals surface area contributed by atoms with Crippen molar-refractivity contribution >= 4 is 6.09 Å².